The van der Waals surface area contributed by atoms with Crippen LogP contribution in [0, 0.1) is 6.92 Å². The number of Topliss-reactive ketones (excluding diaryl/α,β-unsaturated/α-hetero) is 1. The van der Waals surface area contributed by atoms with E-state index in [1.54, 1.807) is 53.6 Å². The van der Waals surface area contributed by atoms with Crippen molar-refractivity contribution in [2.45, 2.75) is 32.4 Å². The lowest BCUT2D eigenvalue weighted by Crippen LogP contribution is -2.45. The van der Waals surface area contributed by atoms with Crippen molar-refractivity contribution < 1.29 is 19.5 Å². The highest BCUT2D eigenvalue weighted by Crippen LogP contribution is 2.30. The summed E-state index contributed by atoms with van der Waals surface area (Å²) in [5, 5.41) is 10.3. The molecule has 7 heteroatoms. The number of hydrogen-bond acceptors (Lipinski definition) is 4. The van der Waals surface area contributed by atoms with Crippen molar-refractivity contribution in [3.8, 4) is 11.1 Å². The lowest BCUT2D eigenvalue weighted by Gasteiger charge is -2.29. The first kappa shape index (κ1) is 25.4. The minimum atomic E-state index is -1.03. The maximum Gasteiger partial charge on any atom is 0.336 e. The third-order valence-corrected chi connectivity index (χ3v) is 7.03. The minimum absolute atomic E-state index is 0.0854. The van der Waals surface area contributed by atoms with Crippen molar-refractivity contribution >= 4 is 29.3 Å². The first-order valence-electron chi connectivity index (χ1n) is 12.3. The SMILES string of the molecule is Cc1cccc(-c2cc(CN3C(=O)c4ccc(Cl)cc4CC(=O)[C@H]3Cc3ccccn3)ccc2C(=O)O)c1. The van der Waals surface area contributed by atoms with Gasteiger partial charge in [0.25, 0.3) is 5.91 Å². The Morgan fingerprint density at radius 3 is 2.58 bits per heavy atom. The number of aryl methyl sites for hydroxylation is 1. The van der Waals surface area contributed by atoms with Gasteiger partial charge in [-0.05, 0) is 71.6 Å². The highest BCUT2D eigenvalue weighted by atomic mass is 35.5. The average Bonchev–Trinajstić information content (AvgIpc) is 2.99. The predicted octanol–water partition coefficient (Wildman–Crippen LogP) is 5.79. The fourth-order valence-corrected chi connectivity index (χ4v) is 5.13. The molecule has 1 atom stereocenters. The molecule has 0 fully saturated rings. The molecule has 1 aliphatic rings. The van der Waals surface area contributed by atoms with E-state index in [4.69, 9.17) is 11.6 Å². The fourth-order valence-electron chi connectivity index (χ4n) is 4.94. The van der Waals surface area contributed by atoms with Crippen LogP contribution in [0.5, 0.6) is 0 Å². The summed E-state index contributed by atoms with van der Waals surface area (Å²) in [6.07, 6.45) is 2.02. The predicted molar refractivity (Wildman–Crippen MR) is 145 cm³/mol. The number of fused-ring (bicyclic) bond motifs is 1. The maximum absolute atomic E-state index is 13.9. The third kappa shape index (κ3) is 5.22. The number of carboxylic acids is 1. The van der Waals surface area contributed by atoms with E-state index in [0.29, 0.717) is 27.4 Å². The largest absolute Gasteiger partial charge is 0.478 e. The first-order chi connectivity index (χ1) is 18.3. The molecule has 2 heterocycles. The van der Waals surface area contributed by atoms with Crippen LogP contribution in [0.1, 0.15) is 43.1 Å². The summed E-state index contributed by atoms with van der Waals surface area (Å²) in [6.45, 7) is 2.07. The van der Waals surface area contributed by atoms with Gasteiger partial charge >= 0.3 is 5.97 Å². The van der Waals surface area contributed by atoms with Crippen molar-refractivity contribution in [2.75, 3.05) is 0 Å². The van der Waals surface area contributed by atoms with Crippen LogP contribution in [-0.4, -0.2) is 38.7 Å². The van der Waals surface area contributed by atoms with Gasteiger partial charge in [0.1, 0.15) is 0 Å². The molecule has 3 aromatic carbocycles. The normalized spacial score (nSPS) is 15.2. The molecule has 1 aliphatic heterocycles. The first-order valence-corrected chi connectivity index (χ1v) is 12.6. The molecule has 1 amide bonds. The Balaban J connectivity index is 1.59. The molecule has 38 heavy (non-hydrogen) atoms. The number of hydrogen-bond donors (Lipinski definition) is 1. The Hall–Kier alpha value is -4.29. The van der Waals surface area contributed by atoms with Gasteiger partial charge in [-0.3, -0.25) is 14.6 Å². The van der Waals surface area contributed by atoms with E-state index in [1.165, 1.54) is 0 Å². The highest BCUT2D eigenvalue weighted by molar-refractivity contribution is 6.30. The summed E-state index contributed by atoms with van der Waals surface area (Å²) >= 11 is 6.19. The number of carbonyl (C=O) groups is 3. The van der Waals surface area contributed by atoms with Gasteiger partial charge in [0.15, 0.2) is 5.78 Å². The van der Waals surface area contributed by atoms with Gasteiger partial charge in [-0.2, -0.15) is 0 Å². The quantitative estimate of drug-likeness (QED) is 0.345. The average molecular weight is 525 g/mol. The van der Waals surface area contributed by atoms with Gasteiger partial charge in [-0.25, -0.2) is 4.79 Å². The monoisotopic (exact) mass is 524 g/mol. The number of benzene rings is 3. The van der Waals surface area contributed by atoms with Crippen LogP contribution in [0.2, 0.25) is 5.02 Å². The van der Waals surface area contributed by atoms with Crippen LogP contribution in [-0.2, 0) is 24.2 Å². The molecule has 0 spiro atoms. The number of aromatic carboxylic acids is 1. The second-order valence-corrected chi connectivity index (χ2v) is 9.91. The molecule has 0 saturated heterocycles. The van der Waals surface area contributed by atoms with Crippen LogP contribution >= 0.6 is 11.6 Å². The van der Waals surface area contributed by atoms with E-state index in [2.05, 4.69) is 4.98 Å². The molecule has 1 N–H and O–H groups in total. The number of amides is 1. The number of carbonyl (C=O) groups excluding carboxylic acids is 2. The van der Waals surface area contributed by atoms with Crippen molar-refractivity contribution in [3.63, 3.8) is 0 Å². The number of rotatable bonds is 6. The topological polar surface area (TPSA) is 87.6 Å². The Morgan fingerprint density at radius 2 is 1.84 bits per heavy atom. The van der Waals surface area contributed by atoms with Crippen molar-refractivity contribution in [3.05, 3.63) is 124 Å². The molecule has 0 bridgehead atoms. The zero-order valence-corrected chi connectivity index (χ0v) is 21.5. The minimum Gasteiger partial charge on any atom is -0.478 e. The number of nitrogens with zero attached hydrogens (tertiary/aromatic N) is 2. The van der Waals surface area contributed by atoms with Gasteiger partial charge in [-0.1, -0.05) is 53.6 Å². The third-order valence-electron chi connectivity index (χ3n) is 6.80. The van der Waals surface area contributed by atoms with Gasteiger partial charge < -0.3 is 10.0 Å². The molecule has 0 saturated carbocycles. The summed E-state index contributed by atoms with van der Waals surface area (Å²) in [7, 11) is 0. The molecule has 4 aromatic rings. The lowest BCUT2D eigenvalue weighted by molar-refractivity contribution is -0.122. The molecule has 5 rings (SSSR count). The molecule has 0 unspecified atom stereocenters. The van der Waals surface area contributed by atoms with Crippen LogP contribution in [0.4, 0.5) is 0 Å². The smallest absolute Gasteiger partial charge is 0.336 e. The van der Waals surface area contributed by atoms with Gasteiger partial charge in [0, 0.05) is 41.9 Å². The van der Waals surface area contributed by atoms with Crippen molar-refractivity contribution in [2.24, 2.45) is 0 Å². The van der Waals surface area contributed by atoms with E-state index in [-0.39, 0.29) is 36.6 Å². The Labute approximate surface area is 225 Å². The van der Waals surface area contributed by atoms with Crippen LogP contribution in [0.15, 0.2) is 85.1 Å². The van der Waals surface area contributed by atoms with Crippen molar-refractivity contribution in [1.82, 2.24) is 9.88 Å². The summed E-state index contributed by atoms with van der Waals surface area (Å²) < 4.78 is 0. The van der Waals surface area contributed by atoms with E-state index in [1.807, 2.05) is 43.3 Å². The molecule has 190 valence electrons. The number of pyridine rings is 1. The molecular weight excluding hydrogens is 500 g/mol. The number of carboxylic acid groups (broad SMARTS) is 1. The van der Waals surface area contributed by atoms with E-state index < -0.39 is 12.0 Å². The van der Waals surface area contributed by atoms with Gasteiger partial charge in [0.2, 0.25) is 0 Å². The van der Waals surface area contributed by atoms with E-state index in [0.717, 1.165) is 16.7 Å². The molecule has 0 radical (unpaired) electrons. The zero-order valence-electron chi connectivity index (χ0n) is 20.7. The summed E-state index contributed by atoms with van der Waals surface area (Å²) in [5.74, 6) is -1.41. The van der Waals surface area contributed by atoms with Crippen LogP contribution in [0.3, 0.4) is 0 Å². The van der Waals surface area contributed by atoms with Crippen molar-refractivity contribution in [1.29, 1.82) is 0 Å². The van der Waals surface area contributed by atoms with Gasteiger partial charge in [0.05, 0.1) is 11.6 Å². The van der Waals surface area contributed by atoms with Crippen LogP contribution in [0.25, 0.3) is 11.1 Å². The Morgan fingerprint density at radius 1 is 1.00 bits per heavy atom. The number of ketones is 1. The molecule has 6 nitrogen and oxygen atoms in total. The molecule has 0 aliphatic carbocycles. The van der Waals surface area contributed by atoms with E-state index in [9.17, 15) is 19.5 Å². The molecular formula is C31H25ClN2O4. The lowest BCUT2D eigenvalue weighted by atomic mass is 9.95. The standard InChI is InChI=1S/C31H25ClN2O4/c1-19-5-4-6-21(13-19)27-14-20(8-10-26(27)31(37)38)18-34-28(17-24-7-2-3-12-33-24)29(35)16-22-15-23(32)9-11-25(22)30(34)36/h2-15,28H,16-18H2,1H3,(H,37,38)/t28-/m1/s1. The summed E-state index contributed by atoms with van der Waals surface area (Å²) in [6, 6.07) is 22.4. The molecule has 1 aromatic heterocycles. The van der Waals surface area contributed by atoms with E-state index >= 15 is 0 Å². The fraction of sp³-hybridized carbons (Fsp3) is 0.161. The number of halogens is 1. The zero-order chi connectivity index (χ0) is 26.8. The summed E-state index contributed by atoms with van der Waals surface area (Å²) in [5.41, 5.74) is 4.96. The van der Waals surface area contributed by atoms with Crippen LogP contribution < -0.4 is 0 Å². The Bertz CT molecular complexity index is 1550. The number of aromatic nitrogens is 1. The second-order valence-electron chi connectivity index (χ2n) is 9.47. The second kappa shape index (κ2) is 10.6. The Kier molecular flexibility index (Phi) is 7.07. The highest BCUT2D eigenvalue weighted by Gasteiger charge is 2.36. The van der Waals surface area contributed by atoms with Gasteiger partial charge in [-0.15, -0.1) is 0 Å². The maximum atomic E-state index is 13.9. The summed E-state index contributed by atoms with van der Waals surface area (Å²) in [4.78, 5) is 45.4.